The molecular weight excluding hydrogens is 419 g/mol. The molecular formula is C19H14Cl2N4O2S. The first-order chi connectivity index (χ1) is 13.4. The van der Waals surface area contributed by atoms with Gasteiger partial charge in [0, 0.05) is 10.0 Å². The molecule has 0 amide bonds. The number of hydrogen-bond acceptors (Lipinski definition) is 4. The average Bonchev–Trinajstić information content (AvgIpc) is 3.10. The summed E-state index contributed by atoms with van der Waals surface area (Å²) in [6.45, 7) is 0.334. The summed E-state index contributed by atoms with van der Waals surface area (Å²) in [4.78, 5) is 4.17. The van der Waals surface area contributed by atoms with Crippen LogP contribution in [-0.2, 0) is 16.6 Å². The van der Waals surface area contributed by atoms with Gasteiger partial charge in [-0.25, -0.2) is 17.8 Å². The van der Waals surface area contributed by atoms with Crippen molar-refractivity contribution in [3.8, 4) is 0 Å². The third kappa shape index (κ3) is 3.96. The highest BCUT2D eigenvalue weighted by atomic mass is 35.5. The van der Waals surface area contributed by atoms with Gasteiger partial charge in [-0.1, -0.05) is 59.6 Å². The molecule has 3 aromatic carbocycles. The molecule has 1 aromatic heterocycles. The highest BCUT2D eigenvalue weighted by molar-refractivity contribution is 7.92. The first-order valence-corrected chi connectivity index (χ1v) is 10.5. The Morgan fingerprint density at radius 3 is 2.54 bits per heavy atom. The van der Waals surface area contributed by atoms with E-state index < -0.39 is 10.0 Å². The van der Waals surface area contributed by atoms with Crippen molar-refractivity contribution in [3.63, 3.8) is 0 Å². The lowest BCUT2D eigenvalue weighted by Crippen LogP contribution is -2.14. The minimum atomic E-state index is -3.81. The number of hydrogen-bond donors (Lipinski definition) is 1. The predicted octanol–water partition coefficient (Wildman–Crippen LogP) is 4.59. The van der Waals surface area contributed by atoms with Gasteiger partial charge < -0.3 is 0 Å². The zero-order valence-corrected chi connectivity index (χ0v) is 16.7. The lowest BCUT2D eigenvalue weighted by atomic mass is 10.1. The molecule has 142 valence electrons. The van der Waals surface area contributed by atoms with Gasteiger partial charge >= 0.3 is 0 Å². The van der Waals surface area contributed by atoms with E-state index in [1.807, 2.05) is 24.3 Å². The van der Waals surface area contributed by atoms with E-state index >= 15 is 0 Å². The molecule has 0 fully saturated rings. The van der Waals surface area contributed by atoms with Gasteiger partial charge in [-0.05, 0) is 40.6 Å². The van der Waals surface area contributed by atoms with Crippen molar-refractivity contribution < 1.29 is 8.42 Å². The summed E-state index contributed by atoms with van der Waals surface area (Å²) in [5, 5.41) is 7.00. The fourth-order valence-electron chi connectivity index (χ4n) is 2.76. The third-order valence-electron chi connectivity index (χ3n) is 4.14. The molecule has 4 rings (SSSR count). The molecule has 0 unspecified atom stereocenters. The van der Waals surface area contributed by atoms with Crippen molar-refractivity contribution in [2.45, 2.75) is 11.4 Å². The first-order valence-electron chi connectivity index (χ1n) is 8.26. The summed E-state index contributed by atoms with van der Waals surface area (Å²) in [6, 6.07) is 17.6. The summed E-state index contributed by atoms with van der Waals surface area (Å²) in [5.74, 6) is -0.0155. The summed E-state index contributed by atoms with van der Waals surface area (Å²) in [5.41, 5.74) is 0.792. The fourth-order valence-corrected chi connectivity index (χ4v) is 4.20. The highest BCUT2D eigenvalue weighted by Gasteiger charge is 2.17. The van der Waals surface area contributed by atoms with Crippen LogP contribution in [0.1, 0.15) is 5.56 Å². The average molecular weight is 433 g/mol. The van der Waals surface area contributed by atoms with Crippen molar-refractivity contribution in [3.05, 3.63) is 82.6 Å². The van der Waals surface area contributed by atoms with Gasteiger partial charge in [0.1, 0.15) is 6.33 Å². The maximum Gasteiger partial charge on any atom is 0.264 e. The number of sulfonamides is 1. The lowest BCUT2D eigenvalue weighted by Gasteiger charge is -2.06. The first kappa shape index (κ1) is 18.7. The van der Waals surface area contributed by atoms with Crippen LogP contribution in [0.15, 0.2) is 71.9 Å². The number of aromatic nitrogens is 3. The quantitative estimate of drug-likeness (QED) is 0.500. The Morgan fingerprint density at radius 2 is 1.75 bits per heavy atom. The smallest absolute Gasteiger partial charge is 0.246 e. The fraction of sp³-hybridized carbons (Fsp3) is 0.0526. The van der Waals surface area contributed by atoms with E-state index in [9.17, 15) is 8.42 Å². The Morgan fingerprint density at radius 1 is 0.964 bits per heavy atom. The van der Waals surface area contributed by atoms with Crippen molar-refractivity contribution in [1.82, 2.24) is 14.8 Å². The number of fused-ring (bicyclic) bond motifs is 1. The number of benzene rings is 3. The largest absolute Gasteiger partial charge is 0.264 e. The topological polar surface area (TPSA) is 76.9 Å². The van der Waals surface area contributed by atoms with Crippen molar-refractivity contribution >= 4 is 49.9 Å². The van der Waals surface area contributed by atoms with Crippen LogP contribution >= 0.6 is 23.2 Å². The van der Waals surface area contributed by atoms with E-state index in [1.54, 1.807) is 36.4 Å². The summed E-state index contributed by atoms with van der Waals surface area (Å²) >= 11 is 12.1. The number of nitrogens with zero attached hydrogens (tertiary/aromatic N) is 3. The van der Waals surface area contributed by atoms with Gasteiger partial charge in [0.05, 0.1) is 11.4 Å². The van der Waals surface area contributed by atoms with Gasteiger partial charge in [-0.15, -0.1) is 5.10 Å². The SMILES string of the molecule is O=S(=O)(Nc1ncn(Cc2ccc(Cl)cc2Cl)n1)c1ccc2ccccc2c1. The van der Waals surface area contributed by atoms with Crippen LogP contribution in [0.4, 0.5) is 5.95 Å². The van der Waals surface area contributed by atoms with E-state index in [1.165, 1.54) is 11.0 Å². The monoisotopic (exact) mass is 432 g/mol. The number of rotatable bonds is 5. The molecule has 28 heavy (non-hydrogen) atoms. The minimum Gasteiger partial charge on any atom is -0.246 e. The Balaban J connectivity index is 1.55. The molecule has 0 saturated heterocycles. The van der Waals surface area contributed by atoms with Gasteiger partial charge in [-0.3, -0.25) is 0 Å². The maximum atomic E-state index is 12.7. The molecule has 0 atom stereocenters. The molecule has 6 nitrogen and oxygen atoms in total. The van der Waals surface area contributed by atoms with Gasteiger partial charge in [0.2, 0.25) is 0 Å². The van der Waals surface area contributed by atoms with Crippen LogP contribution in [0.5, 0.6) is 0 Å². The summed E-state index contributed by atoms with van der Waals surface area (Å²) in [7, 11) is -3.81. The molecule has 0 aliphatic heterocycles. The molecule has 9 heteroatoms. The van der Waals surface area contributed by atoms with Crippen molar-refractivity contribution in [1.29, 1.82) is 0 Å². The minimum absolute atomic E-state index is 0.0155. The van der Waals surface area contributed by atoms with Crippen LogP contribution in [0.3, 0.4) is 0 Å². The van der Waals surface area contributed by atoms with E-state index in [0.717, 1.165) is 16.3 Å². The van der Waals surface area contributed by atoms with Crippen LogP contribution in [0, 0.1) is 0 Å². The number of anilines is 1. The summed E-state index contributed by atoms with van der Waals surface area (Å²) in [6.07, 6.45) is 1.43. The zero-order chi connectivity index (χ0) is 19.7. The van der Waals surface area contributed by atoms with Crippen LogP contribution < -0.4 is 4.72 Å². The van der Waals surface area contributed by atoms with Crippen LogP contribution in [-0.4, -0.2) is 23.2 Å². The molecule has 0 aliphatic rings. The molecule has 0 aliphatic carbocycles. The van der Waals surface area contributed by atoms with Crippen molar-refractivity contribution in [2.24, 2.45) is 0 Å². The second-order valence-corrected chi connectivity index (χ2v) is 8.64. The van der Waals surface area contributed by atoms with Gasteiger partial charge in [0.15, 0.2) is 0 Å². The number of halogens is 2. The van der Waals surface area contributed by atoms with Crippen molar-refractivity contribution in [2.75, 3.05) is 4.72 Å². The predicted molar refractivity (Wildman–Crippen MR) is 110 cm³/mol. The molecule has 1 heterocycles. The van der Waals surface area contributed by atoms with E-state index in [-0.39, 0.29) is 10.8 Å². The van der Waals surface area contributed by atoms with Crippen LogP contribution in [0.2, 0.25) is 10.0 Å². The van der Waals surface area contributed by atoms with E-state index in [2.05, 4.69) is 14.8 Å². The standard InChI is InChI=1S/C19H14Cl2N4O2S/c20-16-7-5-15(18(21)10-16)11-25-12-22-19(23-25)24-28(26,27)17-8-6-13-3-1-2-4-14(13)9-17/h1-10,12H,11H2,(H,23,24). The van der Waals surface area contributed by atoms with E-state index in [4.69, 9.17) is 23.2 Å². The normalized spacial score (nSPS) is 11.6. The Kier molecular flexibility index (Phi) is 4.97. The Bertz CT molecular complexity index is 1270. The second kappa shape index (κ2) is 7.43. The lowest BCUT2D eigenvalue weighted by molar-refractivity contribution is 0.600. The van der Waals surface area contributed by atoms with Gasteiger partial charge in [0.25, 0.3) is 16.0 Å². The van der Waals surface area contributed by atoms with Gasteiger partial charge in [-0.2, -0.15) is 4.98 Å². The molecule has 0 saturated carbocycles. The Labute approximate surface area is 171 Å². The van der Waals surface area contributed by atoms with Crippen LogP contribution in [0.25, 0.3) is 10.8 Å². The molecule has 1 N–H and O–H groups in total. The molecule has 0 spiro atoms. The molecule has 0 bridgehead atoms. The van der Waals surface area contributed by atoms with E-state index in [0.29, 0.717) is 16.6 Å². The summed E-state index contributed by atoms with van der Waals surface area (Å²) < 4.78 is 29.2. The molecule has 0 radical (unpaired) electrons. The Hall–Kier alpha value is -2.61. The number of nitrogens with one attached hydrogen (secondary N) is 1. The maximum absolute atomic E-state index is 12.7. The second-order valence-electron chi connectivity index (χ2n) is 6.12. The third-order valence-corrected chi connectivity index (χ3v) is 6.05. The molecule has 4 aromatic rings. The highest BCUT2D eigenvalue weighted by Crippen LogP contribution is 2.22. The zero-order valence-electron chi connectivity index (χ0n) is 14.4.